The van der Waals surface area contributed by atoms with Crippen molar-refractivity contribution in [3.05, 3.63) is 41.3 Å². The van der Waals surface area contributed by atoms with E-state index >= 15 is 0 Å². The maximum absolute atomic E-state index is 12.6. The number of carbonyl (C=O) groups excluding carboxylic acids is 1. The van der Waals surface area contributed by atoms with Gasteiger partial charge in [0.2, 0.25) is 0 Å². The minimum absolute atomic E-state index is 0.0489. The van der Waals surface area contributed by atoms with Crippen LogP contribution in [-0.2, 0) is 11.3 Å². The fourth-order valence-electron chi connectivity index (χ4n) is 5.40. The quantitative estimate of drug-likeness (QED) is 0.841. The van der Waals surface area contributed by atoms with Crippen molar-refractivity contribution in [3.63, 3.8) is 0 Å². The van der Waals surface area contributed by atoms with Gasteiger partial charge in [-0.25, -0.2) is 4.98 Å². The molecule has 1 N–H and O–H groups in total. The molecule has 1 spiro atoms. The van der Waals surface area contributed by atoms with Crippen LogP contribution in [-0.4, -0.2) is 52.0 Å². The fraction of sp³-hybridized carbons (Fsp3) is 0.591. The van der Waals surface area contributed by atoms with Crippen LogP contribution < -0.4 is 10.2 Å². The summed E-state index contributed by atoms with van der Waals surface area (Å²) in [4.78, 5) is 19.7. The Morgan fingerprint density at radius 2 is 2.24 bits per heavy atom. The zero-order chi connectivity index (χ0) is 20.2. The summed E-state index contributed by atoms with van der Waals surface area (Å²) in [5, 5.41) is 7.34. The van der Waals surface area contributed by atoms with E-state index in [1.54, 1.807) is 17.1 Å². The average Bonchev–Trinajstić information content (AvgIpc) is 3.47. The summed E-state index contributed by atoms with van der Waals surface area (Å²) in [6, 6.07) is 4.27. The molecule has 4 atom stereocenters. The predicted molar refractivity (Wildman–Crippen MR) is 110 cm³/mol. The fourth-order valence-corrected chi connectivity index (χ4v) is 5.40. The monoisotopic (exact) mass is 395 g/mol. The molecule has 0 unspecified atom stereocenters. The predicted octanol–water partition coefficient (Wildman–Crippen LogP) is 2.33. The van der Waals surface area contributed by atoms with E-state index in [0.717, 1.165) is 44.0 Å². The van der Waals surface area contributed by atoms with Gasteiger partial charge in [-0.1, -0.05) is 6.07 Å². The van der Waals surface area contributed by atoms with E-state index in [-0.39, 0.29) is 17.6 Å². The van der Waals surface area contributed by atoms with Crippen molar-refractivity contribution in [2.45, 2.75) is 51.9 Å². The molecule has 3 saturated heterocycles. The molecule has 7 heteroatoms. The highest BCUT2D eigenvalue weighted by Gasteiger charge is 2.63. The summed E-state index contributed by atoms with van der Waals surface area (Å²) in [7, 11) is 0. The standard InChI is InChI=1S/C22H29N5O2/c1-4-27-11-16(9-24-27)21(28)23-10-17-18-12-26(13-22(18)8-7-19(17)29-22)20-6-5-14(2)15(3)25-20/h5-6,9,11,17-19H,4,7-8,10,12-13H2,1-3H3,(H,23,28)/t17-,18+,19+,22+/m0/s1. The molecule has 0 aromatic carbocycles. The van der Waals surface area contributed by atoms with Crippen molar-refractivity contribution in [2.24, 2.45) is 11.8 Å². The van der Waals surface area contributed by atoms with Crippen molar-refractivity contribution in [3.8, 4) is 0 Å². The first kappa shape index (κ1) is 18.6. The number of aromatic nitrogens is 3. The molecule has 0 saturated carbocycles. The molecule has 0 radical (unpaired) electrons. The zero-order valence-corrected chi connectivity index (χ0v) is 17.4. The molecule has 2 aromatic rings. The maximum atomic E-state index is 12.6. The van der Waals surface area contributed by atoms with E-state index < -0.39 is 0 Å². The first-order chi connectivity index (χ1) is 14.0. The number of fused-ring (bicyclic) bond motifs is 1. The van der Waals surface area contributed by atoms with Gasteiger partial charge in [0.15, 0.2) is 0 Å². The Kier molecular flexibility index (Phi) is 4.38. The smallest absolute Gasteiger partial charge is 0.254 e. The van der Waals surface area contributed by atoms with Crippen LogP contribution in [0.3, 0.4) is 0 Å². The number of nitrogens with zero attached hydrogens (tertiary/aromatic N) is 4. The highest BCUT2D eigenvalue weighted by molar-refractivity contribution is 5.93. The second-order valence-electron chi connectivity index (χ2n) is 8.78. The third-order valence-corrected chi connectivity index (χ3v) is 7.16. The number of nitrogens with one attached hydrogen (secondary N) is 1. The Hall–Kier alpha value is -2.41. The number of anilines is 1. The number of carbonyl (C=O) groups is 1. The minimum atomic E-state index is -0.0758. The van der Waals surface area contributed by atoms with E-state index in [1.165, 1.54) is 5.56 Å². The summed E-state index contributed by atoms with van der Waals surface area (Å²) >= 11 is 0. The molecule has 1 amide bonds. The van der Waals surface area contributed by atoms with Gasteiger partial charge in [0.25, 0.3) is 5.91 Å². The molecule has 3 aliphatic rings. The topological polar surface area (TPSA) is 72.3 Å². The Labute approximate surface area is 171 Å². The number of ether oxygens (including phenoxy) is 1. The molecule has 3 fully saturated rings. The SMILES string of the molecule is CCn1cc(C(=O)NC[C@H]2[C@H]3CN(c4ccc(C)c(C)n4)C[C@]34CC[C@H]2O4)cn1. The van der Waals surface area contributed by atoms with E-state index in [0.29, 0.717) is 23.9 Å². The molecule has 2 bridgehead atoms. The number of amides is 1. The molecule has 3 aliphatic heterocycles. The average molecular weight is 396 g/mol. The van der Waals surface area contributed by atoms with Crippen LogP contribution in [0, 0.1) is 25.7 Å². The van der Waals surface area contributed by atoms with Crippen LogP contribution in [0.15, 0.2) is 24.5 Å². The van der Waals surface area contributed by atoms with Gasteiger partial charge in [0.1, 0.15) is 5.82 Å². The van der Waals surface area contributed by atoms with Crippen LogP contribution in [0.4, 0.5) is 5.82 Å². The molecule has 5 rings (SSSR count). The summed E-state index contributed by atoms with van der Waals surface area (Å²) < 4.78 is 8.30. The highest BCUT2D eigenvalue weighted by Crippen LogP contribution is 2.55. The molecule has 7 nitrogen and oxygen atoms in total. The van der Waals surface area contributed by atoms with E-state index in [2.05, 4.69) is 41.3 Å². The minimum Gasteiger partial charge on any atom is -0.369 e. The van der Waals surface area contributed by atoms with Crippen LogP contribution in [0.5, 0.6) is 0 Å². The van der Waals surface area contributed by atoms with Crippen molar-refractivity contribution >= 4 is 11.7 Å². The Bertz CT molecular complexity index is 941. The maximum Gasteiger partial charge on any atom is 0.254 e. The van der Waals surface area contributed by atoms with Gasteiger partial charge >= 0.3 is 0 Å². The van der Waals surface area contributed by atoms with Gasteiger partial charge in [-0.05, 0) is 45.2 Å². The van der Waals surface area contributed by atoms with Gasteiger partial charge in [0, 0.05) is 49.9 Å². The first-order valence-electron chi connectivity index (χ1n) is 10.7. The van der Waals surface area contributed by atoms with E-state index in [4.69, 9.17) is 9.72 Å². The molecule has 2 aromatic heterocycles. The molecule has 0 aliphatic carbocycles. The molecule has 154 valence electrons. The number of hydrogen-bond donors (Lipinski definition) is 1. The summed E-state index contributed by atoms with van der Waals surface area (Å²) in [5.41, 5.74) is 2.85. The zero-order valence-electron chi connectivity index (χ0n) is 17.4. The van der Waals surface area contributed by atoms with Crippen LogP contribution in [0.1, 0.15) is 41.4 Å². The lowest BCUT2D eigenvalue weighted by Gasteiger charge is -2.29. The third kappa shape index (κ3) is 3.03. The van der Waals surface area contributed by atoms with Crippen LogP contribution in [0.2, 0.25) is 0 Å². The lowest BCUT2D eigenvalue weighted by atomic mass is 9.73. The summed E-state index contributed by atoms with van der Waals surface area (Å²) in [6.45, 7) is 9.43. The number of rotatable bonds is 5. The first-order valence-corrected chi connectivity index (χ1v) is 10.7. The van der Waals surface area contributed by atoms with Gasteiger partial charge in [-0.15, -0.1) is 0 Å². The summed E-state index contributed by atoms with van der Waals surface area (Å²) in [6.07, 6.45) is 5.89. The van der Waals surface area contributed by atoms with Crippen molar-refractivity contribution in [1.82, 2.24) is 20.1 Å². The van der Waals surface area contributed by atoms with Crippen LogP contribution in [0.25, 0.3) is 0 Å². The third-order valence-electron chi connectivity index (χ3n) is 7.16. The molecule has 5 heterocycles. The van der Waals surface area contributed by atoms with Gasteiger partial charge in [-0.2, -0.15) is 5.10 Å². The lowest BCUT2D eigenvalue weighted by molar-refractivity contribution is 0.0141. The largest absolute Gasteiger partial charge is 0.369 e. The number of aryl methyl sites for hydroxylation is 3. The normalized spacial score (nSPS) is 30.0. The Morgan fingerprint density at radius 3 is 3.00 bits per heavy atom. The Balaban J connectivity index is 1.29. The highest BCUT2D eigenvalue weighted by atomic mass is 16.5. The molecular formula is C22H29N5O2. The Morgan fingerprint density at radius 1 is 1.38 bits per heavy atom. The van der Waals surface area contributed by atoms with E-state index in [9.17, 15) is 4.79 Å². The van der Waals surface area contributed by atoms with Crippen molar-refractivity contribution in [1.29, 1.82) is 0 Å². The van der Waals surface area contributed by atoms with Crippen molar-refractivity contribution in [2.75, 3.05) is 24.5 Å². The second-order valence-corrected chi connectivity index (χ2v) is 8.78. The van der Waals surface area contributed by atoms with Gasteiger partial charge < -0.3 is 15.0 Å². The van der Waals surface area contributed by atoms with Crippen LogP contribution >= 0.6 is 0 Å². The molecule has 29 heavy (non-hydrogen) atoms. The summed E-state index contributed by atoms with van der Waals surface area (Å²) in [5.74, 6) is 1.78. The van der Waals surface area contributed by atoms with Gasteiger partial charge in [-0.3, -0.25) is 9.48 Å². The second kappa shape index (κ2) is 6.83. The molecular weight excluding hydrogens is 366 g/mol. The number of hydrogen-bond acceptors (Lipinski definition) is 5. The lowest BCUT2D eigenvalue weighted by Crippen LogP contribution is -2.41. The van der Waals surface area contributed by atoms with E-state index in [1.807, 2.05) is 6.92 Å². The van der Waals surface area contributed by atoms with Crippen molar-refractivity contribution < 1.29 is 9.53 Å². The number of pyridine rings is 1. The van der Waals surface area contributed by atoms with Gasteiger partial charge in [0.05, 0.1) is 23.5 Å².